The number of hydrogen-bond acceptors (Lipinski definition) is 2. The van der Waals surface area contributed by atoms with E-state index in [4.69, 9.17) is 5.73 Å². The summed E-state index contributed by atoms with van der Waals surface area (Å²) in [7, 11) is 0. The fourth-order valence-electron chi connectivity index (χ4n) is 2.19. The number of primary amides is 1. The maximum absolute atomic E-state index is 13.7. The lowest BCUT2D eigenvalue weighted by Gasteiger charge is -2.00. The molecule has 1 heterocycles. The van der Waals surface area contributed by atoms with Crippen molar-refractivity contribution in [2.75, 3.05) is 0 Å². The summed E-state index contributed by atoms with van der Waals surface area (Å²) in [6, 6.07) is 13.8. The van der Waals surface area contributed by atoms with E-state index in [1.165, 1.54) is 6.07 Å². The van der Waals surface area contributed by atoms with Crippen LogP contribution in [0.25, 0.3) is 10.9 Å². The molecule has 3 rings (SSSR count). The Hall–Kier alpha value is -2.69. The minimum absolute atomic E-state index is 0.295. The first kappa shape index (κ1) is 12.3. The molecule has 4 nitrogen and oxygen atoms in total. The number of fused-ring (bicyclic) bond motifs is 1. The van der Waals surface area contributed by atoms with Crippen LogP contribution >= 0.6 is 0 Å². The molecular weight excluding hydrogens is 257 g/mol. The molecule has 1 amide bonds. The van der Waals surface area contributed by atoms with E-state index in [-0.39, 0.29) is 5.82 Å². The van der Waals surface area contributed by atoms with Crippen molar-refractivity contribution in [1.29, 1.82) is 0 Å². The molecule has 99 valence electrons. The lowest BCUT2D eigenvalue weighted by Crippen LogP contribution is -2.20. The maximum Gasteiger partial charge on any atom is 0.340 e. The second-order valence-electron chi connectivity index (χ2n) is 4.41. The van der Waals surface area contributed by atoms with Crippen LogP contribution in [0, 0.1) is 11.9 Å². The summed E-state index contributed by atoms with van der Waals surface area (Å²) in [5.74, 6) is -0.295. The Bertz CT molecular complexity index is 795. The Kier molecular flexibility index (Phi) is 2.95. The van der Waals surface area contributed by atoms with Gasteiger partial charge in [0.15, 0.2) is 0 Å². The monoisotopic (exact) mass is 268 g/mol. The van der Waals surface area contributed by atoms with Gasteiger partial charge in [0.05, 0.1) is 11.2 Å². The minimum atomic E-state index is -0.672. The van der Waals surface area contributed by atoms with E-state index in [9.17, 15) is 9.18 Å². The topological polar surface area (TPSA) is 60.9 Å². The van der Waals surface area contributed by atoms with Crippen LogP contribution in [0.5, 0.6) is 0 Å². The number of halogens is 1. The summed E-state index contributed by atoms with van der Waals surface area (Å²) in [5, 5.41) is 4.95. The van der Waals surface area contributed by atoms with Crippen LogP contribution in [0.15, 0.2) is 42.5 Å². The fourth-order valence-corrected chi connectivity index (χ4v) is 2.19. The molecule has 1 radical (unpaired) electrons. The summed E-state index contributed by atoms with van der Waals surface area (Å²) >= 11 is 0. The summed E-state index contributed by atoms with van der Waals surface area (Å²) < 4.78 is 14.8. The zero-order valence-electron chi connectivity index (χ0n) is 10.5. The second-order valence-corrected chi connectivity index (χ2v) is 4.41. The highest BCUT2D eigenvalue weighted by atomic mass is 19.1. The molecular formula is C15H11FN3O. The standard InChI is InChI=1S/C15H11FN3O/c16-12-7-3-1-5-10(12)9-13-11-6-2-4-8-14(11)19(18-13)15(17)20/h1-3,5-8H,9H2,(H2,17,20). The molecule has 1 aromatic heterocycles. The number of carbonyl (C=O) groups excluding carboxylic acids is 1. The number of rotatable bonds is 2. The molecule has 0 saturated carbocycles. The molecule has 0 aliphatic carbocycles. The number of nitrogens with zero attached hydrogens (tertiary/aromatic N) is 2. The third kappa shape index (κ3) is 2.03. The van der Waals surface area contributed by atoms with Gasteiger partial charge in [-0.2, -0.15) is 9.78 Å². The zero-order valence-corrected chi connectivity index (χ0v) is 10.5. The molecule has 0 saturated heterocycles. The highest BCUT2D eigenvalue weighted by Gasteiger charge is 2.14. The van der Waals surface area contributed by atoms with Crippen LogP contribution < -0.4 is 5.73 Å². The van der Waals surface area contributed by atoms with Crippen molar-refractivity contribution in [2.45, 2.75) is 6.42 Å². The number of hydrogen-bond donors (Lipinski definition) is 1. The average Bonchev–Trinajstić information content (AvgIpc) is 2.81. The fraction of sp³-hybridized carbons (Fsp3) is 0.0667. The lowest BCUT2D eigenvalue weighted by atomic mass is 10.1. The van der Waals surface area contributed by atoms with Crippen molar-refractivity contribution in [1.82, 2.24) is 9.78 Å². The van der Waals surface area contributed by atoms with E-state index in [2.05, 4.69) is 11.2 Å². The SMILES string of the molecule is NC(=O)n1nc(Cc2ccccc2F)c2cc[c]cc21. The number of aromatic nitrogens is 2. The van der Waals surface area contributed by atoms with E-state index >= 15 is 0 Å². The molecule has 3 aromatic rings. The Morgan fingerprint density at radius 2 is 2.15 bits per heavy atom. The van der Waals surface area contributed by atoms with Gasteiger partial charge in [-0.05, 0) is 23.8 Å². The van der Waals surface area contributed by atoms with Crippen molar-refractivity contribution in [2.24, 2.45) is 5.73 Å². The first-order chi connectivity index (χ1) is 9.66. The third-order valence-electron chi connectivity index (χ3n) is 3.13. The molecule has 0 aliphatic rings. The quantitative estimate of drug-likeness (QED) is 0.776. The second kappa shape index (κ2) is 4.77. The van der Waals surface area contributed by atoms with E-state index in [0.717, 1.165) is 10.1 Å². The molecule has 0 fully saturated rings. The van der Waals surface area contributed by atoms with Gasteiger partial charge in [-0.3, -0.25) is 0 Å². The molecule has 0 unspecified atom stereocenters. The molecule has 2 N–H and O–H groups in total. The number of benzene rings is 2. The normalized spacial score (nSPS) is 10.8. The van der Waals surface area contributed by atoms with Crippen LogP contribution in [0.1, 0.15) is 11.3 Å². The Morgan fingerprint density at radius 3 is 2.90 bits per heavy atom. The van der Waals surface area contributed by atoms with Crippen molar-refractivity contribution in [3.05, 3.63) is 65.6 Å². The molecule has 0 spiro atoms. The number of amides is 1. The number of carbonyl (C=O) groups is 1. The van der Waals surface area contributed by atoms with Crippen molar-refractivity contribution in [3.8, 4) is 0 Å². The lowest BCUT2D eigenvalue weighted by molar-refractivity contribution is 0.248. The highest BCUT2D eigenvalue weighted by molar-refractivity contribution is 5.91. The highest BCUT2D eigenvalue weighted by Crippen LogP contribution is 2.21. The van der Waals surface area contributed by atoms with Crippen molar-refractivity contribution >= 4 is 16.9 Å². The summed E-state index contributed by atoms with van der Waals surface area (Å²) in [6.07, 6.45) is 0.299. The van der Waals surface area contributed by atoms with Crippen LogP contribution in [0.4, 0.5) is 9.18 Å². The Morgan fingerprint density at radius 1 is 1.35 bits per heavy atom. The van der Waals surface area contributed by atoms with E-state index in [1.54, 1.807) is 36.4 Å². The van der Waals surface area contributed by atoms with Crippen molar-refractivity contribution < 1.29 is 9.18 Å². The Balaban J connectivity index is 2.13. The van der Waals surface area contributed by atoms with E-state index in [1.807, 2.05) is 0 Å². The van der Waals surface area contributed by atoms with Gasteiger partial charge in [0, 0.05) is 11.8 Å². The van der Waals surface area contributed by atoms with Gasteiger partial charge in [-0.15, -0.1) is 0 Å². The largest absolute Gasteiger partial charge is 0.350 e. The van der Waals surface area contributed by atoms with Crippen molar-refractivity contribution in [3.63, 3.8) is 0 Å². The van der Waals surface area contributed by atoms with E-state index < -0.39 is 6.03 Å². The molecule has 0 bridgehead atoms. The number of nitrogens with two attached hydrogens (primary N) is 1. The van der Waals surface area contributed by atoms with Crippen LogP contribution in [-0.4, -0.2) is 15.8 Å². The van der Waals surface area contributed by atoms with Crippen LogP contribution in [0.3, 0.4) is 0 Å². The minimum Gasteiger partial charge on any atom is -0.350 e. The molecule has 5 heteroatoms. The predicted octanol–water partition coefficient (Wildman–Crippen LogP) is 2.49. The Labute approximate surface area is 114 Å². The molecule has 0 atom stereocenters. The molecule has 0 aliphatic heterocycles. The molecule has 2 aromatic carbocycles. The summed E-state index contributed by atoms with van der Waals surface area (Å²) in [6.45, 7) is 0. The third-order valence-corrected chi connectivity index (χ3v) is 3.13. The van der Waals surface area contributed by atoms with E-state index in [0.29, 0.717) is 23.2 Å². The van der Waals surface area contributed by atoms with Gasteiger partial charge < -0.3 is 5.73 Å². The van der Waals surface area contributed by atoms with Crippen LogP contribution in [0.2, 0.25) is 0 Å². The smallest absolute Gasteiger partial charge is 0.340 e. The first-order valence-corrected chi connectivity index (χ1v) is 6.08. The van der Waals surface area contributed by atoms with Gasteiger partial charge in [0.25, 0.3) is 0 Å². The van der Waals surface area contributed by atoms with Gasteiger partial charge in [-0.1, -0.05) is 30.3 Å². The van der Waals surface area contributed by atoms with Gasteiger partial charge in [0.2, 0.25) is 0 Å². The van der Waals surface area contributed by atoms with Crippen LogP contribution in [-0.2, 0) is 6.42 Å². The molecule has 20 heavy (non-hydrogen) atoms. The summed E-state index contributed by atoms with van der Waals surface area (Å²) in [5.41, 5.74) is 7.00. The average molecular weight is 268 g/mol. The summed E-state index contributed by atoms with van der Waals surface area (Å²) in [4.78, 5) is 11.4. The van der Waals surface area contributed by atoms with Gasteiger partial charge >= 0.3 is 6.03 Å². The zero-order chi connectivity index (χ0) is 14.1. The van der Waals surface area contributed by atoms with Gasteiger partial charge in [0.1, 0.15) is 5.82 Å². The maximum atomic E-state index is 13.7. The first-order valence-electron chi connectivity index (χ1n) is 6.08. The predicted molar refractivity (Wildman–Crippen MR) is 72.8 cm³/mol. The van der Waals surface area contributed by atoms with Gasteiger partial charge in [-0.25, -0.2) is 9.18 Å².